The molecule has 0 radical (unpaired) electrons. The normalized spacial score (nSPS) is 23.6. The van der Waals surface area contributed by atoms with Gasteiger partial charge in [0.15, 0.2) is 0 Å². The van der Waals surface area contributed by atoms with E-state index in [4.69, 9.17) is 14.6 Å². The Morgan fingerprint density at radius 2 is 2.07 bits per heavy atom. The molecule has 2 aliphatic rings. The maximum Gasteiger partial charge on any atom is 0.490 e. The molecule has 1 aromatic heterocycles. The van der Waals surface area contributed by atoms with Gasteiger partial charge in [-0.1, -0.05) is 0 Å². The number of aliphatic carboxylic acids is 1. The van der Waals surface area contributed by atoms with Gasteiger partial charge in [-0.3, -0.25) is 9.69 Å². The summed E-state index contributed by atoms with van der Waals surface area (Å²) in [6.45, 7) is 6.83. The molecule has 2 aliphatic heterocycles. The molecule has 1 N–H and O–H groups in total. The van der Waals surface area contributed by atoms with Crippen molar-refractivity contribution in [1.82, 2.24) is 14.8 Å². The van der Waals surface area contributed by atoms with E-state index < -0.39 is 12.1 Å². The van der Waals surface area contributed by atoms with E-state index in [1.54, 1.807) is 18.3 Å². The number of hydrogen-bond acceptors (Lipinski definition) is 6. The molecule has 1 aromatic rings. The summed E-state index contributed by atoms with van der Waals surface area (Å²) in [7, 11) is 0. The Bertz CT molecular complexity index is 627. The van der Waals surface area contributed by atoms with Crippen LogP contribution in [0.25, 0.3) is 0 Å². The summed E-state index contributed by atoms with van der Waals surface area (Å²) < 4.78 is 37.7. The van der Waals surface area contributed by atoms with Crippen LogP contribution in [0, 0.1) is 5.92 Å². The first-order valence-corrected chi connectivity index (χ1v) is 9.32. The fraction of sp³-hybridized carbons (Fsp3) is 0.688. The van der Waals surface area contributed by atoms with Crippen LogP contribution >= 0.6 is 11.3 Å². The number of likely N-dealkylation sites (tertiary alicyclic amines) is 1. The topological polar surface area (TPSA) is 83.0 Å². The number of carboxylic acids is 1. The Labute approximate surface area is 158 Å². The number of carboxylic acid groups (broad SMARTS) is 1. The molecule has 1 amide bonds. The second-order valence-electron chi connectivity index (χ2n) is 6.39. The van der Waals surface area contributed by atoms with Crippen molar-refractivity contribution in [3.63, 3.8) is 0 Å². The average Bonchev–Trinajstić information content (AvgIpc) is 2.98. The maximum atomic E-state index is 11.6. The lowest BCUT2D eigenvalue weighted by Gasteiger charge is -2.37. The van der Waals surface area contributed by atoms with Crippen molar-refractivity contribution in [3.05, 3.63) is 16.6 Å². The third kappa shape index (κ3) is 6.74. The van der Waals surface area contributed by atoms with Crippen molar-refractivity contribution < 1.29 is 32.6 Å². The molecule has 152 valence electrons. The Morgan fingerprint density at radius 1 is 1.37 bits per heavy atom. The molecular formula is C16H22F3N3O4S. The first kappa shape index (κ1) is 21.6. The Morgan fingerprint density at radius 3 is 2.63 bits per heavy atom. The van der Waals surface area contributed by atoms with Crippen molar-refractivity contribution in [2.45, 2.75) is 32.2 Å². The van der Waals surface area contributed by atoms with E-state index >= 15 is 0 Å². The number of fused-ring (bicyclic) bond motifs is 1. The Balaban J connectivity index is 0.000000321. The highest BCUT2D eigenvalue weighted by atomic mass is 32.1. The van der Waals surface area contributed by atoms with E-state index in [2.05, 4.69) is 9.88 Å². The van der Waals surface area contributed by atoms with Crippen molar-refractivity contribution in [1.29, 1.82) is 0 Å². The number of alkyl halides is 3. The Kier molecular flexibility index (Phi) is 7.57. The van der Waals surface area contributed by atoms with Crippen molar-refractivity contribution in [2.24, 2.45) is 5.92 Å². The van der Waals surface area contributed by atoms with Crippen LogP contribution < -0.4 is 0 Å². The van der Waals surface area contributed by atoms with Crippen molar-refractivity contribution >= 4 is 23.2 Å². The van der Waals surface area contributed by atoms with Gasteiger partial charge in [-0.25, -0.2) is 9.78 Å². The standard InChI is InChI=1S/C14H21N3O2S.C2HF3O2/c1-11(18)17-5-6-19-13-9-16(4-2-12(13)8-17)10-14-15-3-7-20-14;3-2(4,5)1(6)7/h3,7,12-13H,2,4-6,8-10H2,1H3;(H,6,7)/t12-,13-;/m1./s1. The minimum Gasteiger partial charge on any atom is -0.475 e. The molecule has 2 atom stereocenters. The van der Waals surface area contributed by atoms with Gasteiger partial charge in [0.25, 0.3) is 0 Å². The number of ether oxygens (including phenoxy) is 1. The van der Waals surface area contributed by atoms with Gasteiger partial charge in [0.1, 0.15) is 5.01 Å². The highest BCUT2D eigenvalue weighted by Gasteiger charge is 2.38. The molecule has 0 unspecified atom stereocenters. The smallest absolute Gasteiger partial charge is 0.475 e. The molecular weight excluding hydrogens is 387 g/mol. The second kappa shape index (κ2) is 9.47. The van der Waals surface area contributed by atoms with Gasteiger partial charge in [-0.2, -0.15) is 13.2 Å². The van der Waals surface area contributed by atoms with E-state index in [-0.39, 0.29) is 12.0 Å². The van der Waals surface area contributed by atoms with E-state index in [9.17, 15) is 18.0 Å². The van der Waals surface area contributed by atoms with Crippen LogP contribution in [0.4, 0.5) is 13.2 Å². The lowest BCUT2D eigenvalue weighted by atomic mass is 9.93. The predicted molar refractivity (Wildman–Crippen MR) is 91.2 cm³/mol. The third-order valence-electron chi connectivity index (χ3n) is 4.46. The maximum absolute atomic E-state index is 11.6. The average molecular weight is 409 g/mol. The summed E-state index contributed by atoms with van der Waals surface area (Å²) in [4.78, 5) is 29.2. The molecule has 2 fully saturated rings. The molecule has 0 bridgehead atoms. The van der Waals surface area contributed by atoms with Crippen LogP contribution in [-0.2, 0) is 20.9 Å². The first-order chi connectivity index (χ1) is 12.7. The zero-order valence-electron chi connectivity index (χ0n) is 14.8. The van der Waals surface area contributed by atoms with Gasteiger partial charge >= 0.3 is 12.1 Å². The van der Waals surface area contributed by atoms with Crippen LogP contribution in [0.1, 0.15) is 18.4 Å². The number of piperidine rings is 1. The number of aromatic nitrogens is 1. The SMILES string of the molecule is CC(=O)N1CCO[C@@H]2CN(Cc3nccs3)CC[C@@H]2C1.O=C(O)C(F)(F)F. The number of hydrogen-bond donors (Lipinski definition) is 1. The second-order valence-corrected chi connectivity index (χ2v) is 7.37. The molecule has 3 rings (SSSR count). The molecule has 0 aliphatic carbocycles. The molecule has 0 saturated carbocycles. The minimum atomic E-state index is -5.08. The number of carbonyl (C=O) groups excluding carboxylic acids is 1. The van der Waals surface area contributed by atoms with Crippen molar-refractivity contribution in [3.8, 4) is 0 Å². The lowest BCUT2D eigenvalue weighted by molar-refractivity contribution is -0.192. The molecule has 7 nitrogen and oxygen atoms in total. The summed E-state index contributed by atoms with van der Waals surface area (Å²) in [6, 6.07) is 0. The number of carbonyl (C=O) groups is 2. The van der Waals surface area contributed by atoms with Crippen molar-refractivity contribution in [2.75, 3.05) is 32.8 Å². The quantitative estimate of drug-likeness (QED) is 0.803. The van der Waals surface area contributed by atoms with Crippen LogP contribution in [-0.4, -0.2) is 76.8 Å². The number of halogens is 3. The number of rotatable bonds is 2. The minimum absolute atomic E-state index is 0.166. The molecule has 11 heteroatoms. The molecule has 0 spiro atoms. The fourth-order valence-corrected chi connectivity index (χ4v) is 3.72. The number of thiazole rings is 1. The fourth-order valence-electron chi connectivity index (χ4n) is 3.07. The van der Waals surface area contributed by atoms with Crippen LogP contribution in [0.3, 0.4) is 0 Å². The summed E-state index contributed by atoms with van der Waals surface area (Å²) in [5, 5.41) is 10.3. The molecule has 2 saturated heterocycles. The monoisotopic (exact) mass is 409 g/mol. The summed E-state index contributed by atoms with van der Waals surface area (Å²) in [5.74, 6) is -2.11. The number of nitrogens with zero attached hydrogens (tertiary/aromatic N) is 3. The zero-order chi connectivity index (χ0) is 20.0. The lowest BCUT2D eigenvalue weighted by Crippen LogP contribution is -2.46. The molecule has 0 aromatic carbocycles. The van der Waals surface area contributed by atoms with Crippen LogP contribution in [0.5, 0.6) is 0 Å². The third-order valence-corrected chi connectivity index (χ3v) is 5.22. The summed E-state index contributed by atoms with van der Waals surface area (Å²) >= 11 is 1.71. The van der Waals surface area contributed by atoms with Crippen LogP contribution in [0.2, 0.25) is 0 Å². The molecule has 27 heavy (non-hydrogen) atoms. The summed E-state index contributed by atoms with van der Waals surface area (Å²) in [6.07, 6.45) is -1.87. The zero-order valence-corrected chi connectivity index (χ0v) is 15.6. The highest BCUT2D eigenvalue weighted by Crippen LogP contribution is 2.25. The van der Waals surface area contributed by atoms with Crippen LogP contribution in [0.15, 0.2) is 11.6 Å². The Hall–Kier alpha value is -1.72. The molecule has 3 heterocycles. The van der Waals surface area contributed by atoms with Gasteiger partial charge in [0, 0.05) is 44.1 Å². The number of amides is 1. The van der Waals surface area contributed by atoms with Gasteiger partial charge in [0.2, 0.25) is 5.91 Å². The van der Waals surface area contributed by atoms with Gasteiger partial charge in [0.05, 0.1) is 19.3 Å². The van der Waals surface area contributed by atoms with E-state index in [1.165, 1.54) is 5.01 Å². The van der Waals surface area contributed by atoms with Gasteiger partial charge < -0.3 is 14.7 Å². The predicted octanol–water partition coefficient (Wildman–Crippen LogP) is 1.85. The van der Waals surface area contributed by atoms with E-state index in [0.717, 1.165) is 39.1 Å². The summed E-state index contributed by atoms with van der Waals surface area (Å²) in [5.41, 5.74) is 0. The largest absolute Gasteiger partial charge is 0.490 e. The van der Waals surface area contributed by atoms with Gasteiger partial charge in [-0.05, 0) is 13.0 Å². The van der Waals surface area contributed by atoms with Gasteiger partial charge in [-0.15, -0.1) is 11.3 Å². The highest BCUT2D eigenvalue weighted by molar-refractivity contribution is 7.09. The first-order valence-electron chi connectivity index (χ1n) is 8.44. The van der Waals surface area contributed by atoms with E-state index in [1.807, 2.05) is 16.5 Å². The van der Waals surface area contributed by atoms with E-state index in [0.29, 0.717) is 12.5 Å².